The van der Waals surface area contributed by atoms with E-state index in [-0.39, 0.29) is 17.2 Å². The van der Waals surface area contributed by atoms with Crippen molar-refractivity contribution < 1.29 is 18.0 Å². The van der Waals surface area contributed by atoms with Gasteiger partial charge in [-0.3, -0.25) is 4.79 Å². The van der Waals surface area contributed by atoms with Gasteiger partial charge in [0.2, 0.25) is 5.91 Å². The highest BCUT2D eigenvalue weighted by atomic mass is 19.4. The number of fused-ring (bicyclic) bond motifs is 1. The van der Waals surface area contributed by atoms with E-state index in [4.69, 9.17) is 0 Å². The highest BCUT2D eigenvalue weighted by Crippen LogP contribution is 2.35. The molecule has 128 valence electrons. The molecule has 0 atom stereocenters. The fourth-order valence-electron chi connectivity index (χ4n) is 2.79. The van der Waals surface area contributed by atoms with Gasteiger partial charge in [0, 0.05) is 32.6 Å². The fourth-order valence-corrected chi connectivity index (χ4v) is 2.79. The first-order chi connectivity index (χ1) is 11.4. The van der Waals surface area contributed by atoms with Gasteiger partial charge in [0.15, 0.2) is 11.5 Å². The third-order valence-electron chi connectivity index (χ3n) is 4.06. The second-order valence-corrected chi connectivity index (χ2v) is 5.60. The maximum atomic E-state index is 13.4. The van der Waals surface area contributed by atoms with Crippen molar-refractivity contribution in [3.63, 3.8) is 0 Å². The quantitative estimate of drug-likeness (QED) is 0.845. The van der Waals surface area contributed by atoms with Gasteiger partial charge in [0.25, 0.3) is 0 Å². The van der Waals surface area contributed by atoms with Crippen molar-refractivity contribution in [2.24, 2.45) is 0 Å². The van der Waals surface area contributed by atoms with Crippen molar-refractivity contribution in [1.29, 1.82) is 0 Å². The molecule has 1 aliphatic rings. The average Bonchev–Trinajstić information content (AvgIpc) is 2.59. The van der Waals surface area contributed by atoms with Crippen LogP contribution < -0.4 is 4.90 Å². The van der Waals surface area contributed by atoms with Crippen LogP contribution in [0.1, 0.15) is 19.0 Å². The van der Waals surface area contributed by atoms with E-state index in [9.17, 15) is 18.0 Å². The summed E-state index contributed by atoms with van der Waals surface area (Å²) in [5.41, 5.74) is -0.336. The third kappa shape index (κ3) is 3.13. The summed E-state index contributed by atoms with van der Waals surface area (Å²) in [6, 6.07) is 6.50. The normalized spacial score (nSPS) is 15.8. The van der Waals surface area contributed by atoms with Crippen molar-refractivity contribution in [1.82, 2.24) is 14.9 Å². The topological polar surface area (TPSA) is 49.3 Å². The molecule has 1 aromatic heterocycles. The molecule has 2 aromatic rings. The summed E-state index contributed by atoms with van der Waals surface area (Å²) in [4.78, 5) is 22.9. The second-order valence-electron chi connectivity index (χ2n) is 5.60. The van der Waals surface area contributed by atoms with E-state index in [1.54, 1.807) is 34.9 Å². The number of benzene rings is 1. The number of alkyl halides is 3. The van der Waals surface area contributed by atoms with Gasteiger partial charge in [-0.1, -0.05) is 19.1 Å². The first-order valence-corrected chi connectivity index (χ1v) is 7.77. The Morgan fingerprint density at radius 3 is 2.21 bits per heavy atom. The van der Waals surface area contributed by atoms with E-state index >= 15 is 0 Å². The summed E-state index contributed by atoms with van der Waals surface area (Å²) in [6.45, 7) is 3.16. The molecule has 1 amide bonds. The molecule has 0 spiro atoms. The fraction of sp³-hybridized carbons (Fsp3) is 0.438. The molecular weight excluding hydrogens is 321 g/mol. The van der Waals surface area contributed by atoms with Crippen LogP contribution in [-0.4, -0.2) is 47.0 Å². The molecule has 0 unspecified atom stereocenters. The van der Waals surface area contributed by atoms with Crippen molar-refractivity contribution in [2.45, 2.75) is 19.5 Å². The lowest BCUT2D eigenvalue weighted by atomic mass is 10.2. The monoisotopic (exact) mass is 338 g/mol. The van der Waals surface area contributed by atoms with E-state index in [2.05, 4.69) is 9.97 Å². The molecule has 0 aliphatic carbocycles. The Morgan fingerprint density at radius 1 is 1.08 bits per heavy atom. The number of carbonyl (C=O) groups is 1. The van der Waals surface area contributed by atoms with Gasteiger partial charge >= 0.3 is 6.18 Å². The van der Waals surface area contributed by atoms with Gasteiger partial charge in [0.05, 0.1) is 11.0 Å². The van der Waals surface area contributed by atoms with Crippen molar-refractivity contribution in [3.05, 3.63) is 30.0 Å². The molecular formula is C16H17F3N4O. The number of aromatic nitrogens is 2. The molecule has 0 bridgehead atoms. The van der Waals surface area contributed by atoms with E-state index < -0.39 is 11.9 Å². The zero-order chi connectivity index (χ0) is 17.3. The van der Waals surface area contributed by atoms with E-state index in [1.165, 1.54) is 6.07 Å². The molecule has 2 heterocycles. The molecule has 1 saturated heterocycles. The molecule has 5 nitrogen and oxygen atoms in total. The SMILES string of the molecule is CCC(=O)N1CCN(c2nc3ccccc3nc2C(F)(F)F)CC1. The van der Waals surface area contributed by atoms with E-state index in [0.29, 0.717) is 38.1 Å². The number of halogens is 3. The molecule has 8 heteroatoms. The van der Waals surface area contributed by atoms with Gasteiger partial charge < -0.3 is 9.80 Å². The smallest absolute Gasteiger partial charge is 0.351 e. The van der Waals surface area contributed by atoms with Gasteiger partial charge in [-0.2, -0.15) is 13.2 Å². The van der Waals surface area contributed by atoms with Gasteiger partial charge in [-0.15, -0.1) is 0 Å². The second kappa shape index (κ2) is 6.26. The van der Waals surface area contributed by atoms with E-state index in [0.717, 1.165) is 0 Å². The van der Waals surface area contributed by atoms with Crippen LogP contribution in [0.5, 0.6) is 0 Å². The number of anilines is 1. The molecule has 3 rings (SSSR count). The molecule has 24 heavy (non-hydrogen) atoms. The summed E-state index contributed by atoms with van der Waals surface area (Å²) in [6.07, 6.45) is -4.19. The van der Waals surface area contributed by atoms with Crippen LogP contribution in [-0.2, 0) is 11.0 Å². The molecule has 0 saturated carbocycles. The van der Waals surface area contributed by atoms with Gasteiger partial charge in [-0.05, 0) is 12.1 Å². The largest absolute Gasteiger partial charge is 0.437 e. The zero-order valence-electron chi connectivity index (χ0n) is 13.2. The number of hydrogen-bond donors (Lipinski definition) is 0. The van der Waals surface area contributed by atoms with Crippen LogP contribution >= 0.6 is 0 Å². The predicted molar refractivity (Wildman–Crippen MR) is 83.6 cm³/mol. The highest BCUT2D eigenvalue weighted by molar-refractivity contribution is 5.77. The van der Waals surface area contributed by atoms with Crippen LogP contribution in [0, 0.1) is 0 Å². The highest BCUT2D eigenvalue weighted by Gasteiger charge is 2.39. The van der Waals surface area contributed by atoms with Crippen LogP contribution in [0.2, 0.25) is 0 Å². The summed E-state index contributed by atoms with van der Waals surface area (Å²) >= 11 is 0. The number of rotatable bonds is 2. The van der Waals surface area contributed by atoms with Gasteiger partial charge in [-0.25, -0.2) is 9.97 Å². The lowest BCUT2D eigenvalue weighted by Crippen LogP contribution is -2.49. The lowest BCUT2D eigenvalue weighted by Gasteiger charge is -2.36. The number of piperazine rings is 1. The first-order valence-electron chi connectivity index (χ1n) is 7.77. The number of amides is 1. The number of hydrogen-bond acceptors (Lipinski definition) is 4. The van der Waals surface area contributed by atoms with Crippen molar-refractivity contribution >= 4 is 22.8 Å². The lowest BCUT2D eigenvalue weighted by molar-refractivity contribution is -0.140. The molecule has 1 fully saturated rings. The summed E-state index contributed by atoms with van der Waals surface area (Å²) in [7, 11) is 0. The number of para-hydroxylation sites is 2. The minimum Gasteiger partial charge on any atom is -0.351 e. The van der Waals surface area contributed by atoms with E-state index in [1.807, 2.05) is 0 Å². The van der Waals surface area contributed by atoms with Crippen LogP contribution in [0.4, 0.5) is 19.0 Å². The number of nitrogens with zero attached hydrogens (tertiary/aromatic N) is 4. The van der Waals surface area contributed by atoms with Crippen LogP contribution in [0.15, 0.2) is 24.3 Å². The maximum Gasteiger partial charge on any atom is 0.437 e. The Balaban J connectivity index is 1.95. The summed E-state index contributed by atoms with van der Waals surface area (Å²) < 4.78 is 40.2. The standard InChI is InChI=1S/C16H17F3N4O/c1-2-13(24)22-7-9-23(10-8-22)15-14(16(17,18)19)20-11-5-3-4-6-12(11)21-15/h3-6H,2,7-10H2,1H3. The Kier molecular flexibility index (Phi) is 4.29. The Labute approximate surface area is 137 Å². The Morgan fingerprint density at radius 2 is 1.67 bits per heavy atom. The minimum atomic E-state index is -4.58. The minimum absolute atomic E-state index is 0.00953. The first kappa shape index (κ1) is 16.5. The Hall–Kier alpha value is -2.38. The van der Waals surface area contributed by atoms with Gasteiger partial charge in [0.1, 0.15) is 0 Å². The molecule has 1 aliphatic heterocycles. The summed E-state index contributed by atoms with van der Waals surface area (Å²) in [5.74, 6) is -0.153. The zero-order valence-corrected chi connectivity index (χ0v) is 13.2. The average molecular weight is 338 g/mol. The third-order valence-corrected chi connectivity index (χ3v) is 4.06. The van der Waals surface area contributed by atoms with Crippen LogP contribution in [0.25, 0.3) is 11.0 Å². The summed E-state index contributed by atoms with van der Waals surface area (Å²) in [5, 5.41) is 0. The van der Waals surface area contributed by atoms with Crippen molar-refractivity contribution in [3.8, 4) is 0 Å². The van der Waals surface area contributed by atoms with Crippen molar-refractivity contribution in [2.75, 3.05) is 31.1 Å². The molecule has 0 N–H and O–H groups in total. The number of carbonyl (C=O) groups excluding carboxylic acids is 1. The molecule has 1 aromatic carbocycles. The predicted octanol–water partition coefficient (Wildman–Crippen LogP) is 2.71. The van der Waals surface area contributed by atoms with Crippen LogP contribution in [0.3, 0.4) is 0 Å². The Bertz CT molecular complexity index is 755. The maximum absolute atomic E-state index is 13.4. The molecule has 0 radical (unpaired) electrons.